The first-order chi connectivity index (χ1) is 9.22. The minimum absolute atomic E-state index is 0.295. The van der Waals surface area contributed by atoms with E-state index in [0.29, 0.717) is 12.1 Å². The molecule has 2 heterocycles. The van der Waals surface area contributed by atoms with Crippen LogP contribution in [0.3, 0.4) is 0 Å². The number of carbonyl (C=O) groups excluding carboxylic acids is 1. The molecule has 0 aromatic rings. The third-order valence-electron chi connectivity index (χ3n) is 4.50. The van der Waals surface area contributed by atoms with Crippen LogP contribution in [-0.2, 0) is 0 Å². The highest BCUT2D eigenvalue weighted by molar-refractivity contribution is 5.75. The highest BCUT2D eigenvalue weighted by Crippen LogP contribution is 2.17. The molecule has 19 heavy (non-hydrogen) atoms. The van der Waals surface area contributed by atoms with E-state index in [0.717, 1.165) is 45.6 Å². The molecule has 4 nitrogen and oxygen atoms in total. The van der Waals surface area contributed by atoms with E-state index in [-0.39, 0.29) is 0 Å². The zero-order valence-corrected chi connectivity index (χ0v) is 12.6. The number of likely N-dealkylation sites (N-methyl/N-ethyl adjacent to an activating group) is 1. The molecule has 110 valence electrons. The Morgan fingerprint density at radius 2 is 1.68 bits per heavy atom. The molecule has 0 aliphatic carbocycles. The second kappa shape index (κ2) is 7.13. The minimum atomic E-state index is 0.295. The van der Waals surface area contributed by atoms with Crippen molar-refractivity contribution in [3.05, 3.63) is 0 Å². The molecule has 2 aliphatic rings. The number of carbonyl (C=O) groups is 1. The molecule has 2 saturated heterocycles. The van der Waals surface area contributed by atoms with Crippen LogP contribution in [0.5, 0.6) is 0 Å². The number of likely N-dealkylation sites (tertiary alicyclic amines) is 1. The molecule has 0 bridgehead atoms. The molecule has 4 heteroatoms. The maximum absolute atomic E-state index is 12.8. The van der Waals surface area contributed by atoms with Gasteiger partial charge in [0, 0.05) is 32.2 Å². The van der Waals surface area contributed by atoms with Crippen LogP contribution in [0, 0.1) is 0 Å². The van der Waals surface area contributed by atoms with Crippen molar-refractivity contribution in [2.45, 2.75) is 51.5 Å². The highest BCUT2D eigenvalue weighted by atomic mass is 16.2. The smallest absolute Gasteiger partial charge is 0.320 e. The molecule has 0 radical (unpaired) electrons. The molecule has 1 unspecified atom stereocenters. The van der Waals surface area contributed by atoms with Gasteiger partial charge in [-0.15, -0.1) is 0 Å². The van der Waals surface area contributed by atoms with Gasteiger partial charge in [-0.1, -0.05) is 19.8 Å². The molecular formula is C15H29N3O. The van der Waals surface area contributed by atoms with E-state index >= 15 is 0 Å². The Labute approximate surface area is 117 Å². The van der Waals surface area contributed by atoms with Gasteiger partial charge in [0.25, 0.3) is 0 Å². The Bertz CT molecular complexity index is 287. The Morgan fingerprint density at radius 3 is 2.32 bits per heavy atom. The lowest BCUT2D eigenvalue weighted by molar-refractivity contribution is 0.132. The zero-order chi connectivity index (χ0) is 13.7. The van der Waals surface area contributed by atoms with Crippen LogP contribution in [0.4, 0.5) is 4.79 Å². The van der Waals surface area contributed by atoms with Crippen LogP contribution in [0.15, 0.2) is 0 Å². The lowest BCUT2D eigenvalue weighted by Gasteiger charge is -2.34. The quantitative estimate of drug-likeness (QED) is 0.729. The summed E-state index contributed by atoms with van der Waals surface area (Å²) in [4.78, 5) is 19.4. The molecule has 2 rings (SSSR count). The fraction of sp³-hybridized carbons (Fsp3) is 0.933. The van der Waals surface area contributed by atoms with Gasteiger partial charge in [-0.05, 0) is 39.3 Å². The zero-order valence-electron chi connectivity index (χ0n) is 12.6. The van der Waals surface area contributed by atoms with Gasteiger partial charge < -0.3 is 14.7 Å². The van der Waals surface area contributed by atoms with E-state index in [4.69, 9.17) is 0 Å². The first kappa shape index (κ1) is 14.6. The van der Waals surface area contributed by atoms with Gasteiger partial charge in [0.15, 0.2) is 0 Å². The molecule has 0 aromatic carbocycles. The van der Waals surface area contributed by atoms with E-state index in [1.54, 1.807) is 0 Å². The standard InChI is InChI=1S/C15H29N3O/c1-3-14-13-16(2)9-8-12-18(14)15(19)17-10-6-4-5-7-11-17/h14H,3-13H2,1-2H3. The van der Waals surface area contributed by atoms with Crippen molar-refractivity contribution < 1.29 is 4.79 Å². The summed E-state index contributed by atoms with van der Waals surface area (Å²) in [5.74, 6) is 0. The second-order valence-electron chi connectivity index (χ2n) is 6.06. The largest absolute Gasteiger partial charge is 0.325 e. The summed E-state index contributed by atoms with van der Waals surface area (Å²) in [5.41, 5.74) is 0. The van der Waals surface area contributed by atoms with E-state index in [1.165, 1.54) is 25.7 Å². The van der Waals surface area contributed by atoms with Crippen LogP contribution < -0.4 is 0 Å². The van der Waals surface area contributed by atoms with Gasteiger partial charge in [-0.2, -0.15) is 0 Å². The van der Waals surface area contributed by atoms with Crippen molar-refractivity contribution in [1.29, 1.82) is 0 Å². The van der Waals surface area contributed by atoms with Crippen LogP contribution in [0.1, 0.15) is 45.4 Å². The molecule has 2 aliphatic heterocycles. The van der Waals surface area contributed by atoms with Gasteiger partial charge in [0.1, 0.15) is 0 Å². The highest BCUT2D eigenvalue weighted by Gasteiger charge is 2.29. The average molecular weight is 267 g/mol. The number of hydrogen-bond donors (Lipinski definition) is 0. The van der Waals surface area contributed by atoms with Crippen molar-refractivity contribution >= 4 is 6.03 Å². The monoisotopic (exact) mass is 267 g/mol. The predicted molar refractivity (Wildman–Crippen MR) is 78.3 cm³/mol. The second-order valence-corrected chi connectivity index (χ2v) is 6.06. The van der Waals surface area contributed by atoms with E-state index < -0.39 is 0 Å². The third kappa shape index (κ3) is 3.85. The summed E-state index contributed by atoms with van der Waals surface area (Å²) in [5, 5.41) is 0. The third-order valence-corrected chi connectivity index (χ3v) is 4.50. The Kier molecular flexibility index (Phi) is 5.49. The topological polar surface area (TPSA) is 26.8 Å². The molecular weight excluding hydrogens is 238 g/mol. The summed E-state index contributed by atoms with van der Waals surface area (Å²) < 4.78 is 0. The number of rotatable bonds is 1. The van der Waals surface area contributed by atoms with Gasteiger partial charge in [0.2, 0.25) is 0 Å². The molecule has 0 saturated carbocycles. The Balaban J connectivity index is 2.01. The van der Waals surface area contributed by atoms with Crippen molar-refractivity contribution in [3.8, 4) is 0 Å². The first-order valence-electron chi connectivity index (χ1n) is 7.96. The normalized spacial score (nSPS) is 26.9. The first-order valence-corrected chi connectivity index (χ1v) is 7.96. The van der Waals surface area contributed by atoms with Crippen molar-refractivity contribution in [2.24, 2.45) is 0 Å². The maximum atomic E-state index is 12.8. The molecule has 2 amide bonds. The van der Waals surface area contributed by atoms with E-state index in [9.17, 15) is 4.79 Å². The maximum Gasteiger partial charge on any atom is 0.320 e. The molecule has 2 fully saturated rings. The van der Waals surface area contributed by atoms with Gasteiger partial charge in [-0.3, -0.25) is 0 Å². The summed E-state index contributed by atoms with van der Waals surface area (Å²) >= 11 is 0. The fourth-order valence-electron chi connectivity index (χ4n) is 3.29. The van der Waals surface area contributed by atoms with Crippen molar-refractivity contribution in [2.75, 3.05) is 39.8 Å². The molecule has 0 aromatic heterocycles. The summed E-state index contributed by atoms with van der Waals surface area (Å²) in [7, 11) is 2.17. The van der Waals surface area contributed by atoms with Crippen molar-refractivity contribution in [3.63, 3.8) is 0 Å². The summed E-state index contributed by atoms with van der Waals surface area (Å²) in [6.07, 6.45) is 7.08. The number of hydrogen-bond acceptors (Lipinski definition) is 2. The van der Waals surface area contributed by atoms with Crippen LogP contribution in [0.2, 0.25) is 0 Å². The Morgan fingerprint density at radius 1 is 1.00 bits per heavy atom. The van der Waals surface area contributed by atoms with E-state index in [2.05, 4.69) is 28.7 Å². The minimum Gasteiger partial charge on any atom is -0.325 e. The summed E-state index contributed by atoms with van der Waals surface area (Å²) in [6, 6.07) is 0.687. The van der Waals surface area contributed by atoms with Crippen LogP contribution in [-0.4, -0.2) is 66.5 Å². The Hall–Kier alpha value is -0.770. The van der Waals surface area contributed by atoms with Gasteiger partial charge in [0.05, 0.1) is 0 Å². The van der Waals surface area contributed by atoms with Gasteiger partial charge >= 0.3 is 6.03 Å². The number of nitrogens with zero attached hydrogens (tertiary/aromatic N) is 3. The van der Waals surface area contributed by atoms with Gasteiger partial charge in [-0.25, -0.2) is 4.79 Å². The molecule has 0 N–H and O–H groups in total. The average Bonchev–Trinajstić information content (AvgIpc) is 2.78. The SMILES string of the molecule is CCC1CN(C)CCCN1C(=O)N1CCCCCC1. The summed E-state index contributed by atoms with van der Waals surface area (Å²) in [6.45, 7) is 7.18. The molecule has 1 atom stereocenters. The number of urea groups is 1. The lowest BCUT2D eigenvalue weighted by Crippen LogP contribution is -2.50. The number of amides is 2. The van der Waals surface area contributed by atoms with Crippen molar-refractivity contribution in [1.82, 2.24) is 14.7 Å². The van der Waals surface area contributed by atoms with Crippen LogP contribution in [0.25, 0.3) is 0 Å². The fourth-order valence-corrected chi connectivity index (χ4v) is 3.29. The van der Waals surface area contributed by atoms with E-state index in [1.807, 2.05) is 0 Å². The predicted octanol–water partition coefficient (Wildman–Crippen LogP) is 2.40. The lowest BCUT2D eigenvalue weighted by atomic mass is 10.2. The van der Waals surface area contributed by atoms with Crippen LogP contribution >= 0.6 is 0 Å². The molecule has 0 spiro atoms.